The second-order valence-corrected chi connectivity index (χ2v) is 4.25. The molecule has 0 aromatic heterocycles. The van der Waals surface area contributed by atoms with E-state index in [1.54, 1.807) is 12.1 Å². The van der Waals surface area contributed by atoms with Gasteiger partial charge in [0.1, 0.15) is 12.4 Å². The van der Waals surface area contributed by atoms with Crippen LogP contribution in [0.3, 0.4) is 0 Å². The van der Waals surface area contributed by atoms with E-state index in [9.17, 15) is 10.1 Å². The Bertz CT molecular complexity index is 702. The SMILES string of the molecule is NCC#Cc1cccc(COc2cccc([N+](=O)[O-])c2)c1. The molecule has 0 spiro atoms. The minimum absolute atomic E-state index is 0.00932. The molecule has 2 rings (SSSR count). The van der Waals surface area contributed by atoms with Gasteiger partial charge in [-0.2, -0.15) is 0 Å². The quantitative estimate of drug-likeness (QED) is 0.531. The molecule has 0 fully saturated rings. The van der Waals surface area contributed by atoms with Crippen molar-refractivity contribution in [2.24, 2.45) is 5.73 Å². The third kappa shape index (κ3) is 4.34. The summed E-state index contributed by atoms with van der Waals surface area (Å²) in [6, 6.07) is 13.7. The number of ether oxygens (including phenoxy) is 1. The van der Waals surface area contributed by atoms with Crippen LogP contribution >= 0.6 is 0 Å². The van der Waals surface area contributed by atoms with Crippen LogP contribution in [0.2, 0.25) is 0 Å². The van der Waals surface area contributed by atoms with Crippen molar-refractivity contribution in [2.75, 3.05) is 6.54 Å². The smallest absolute Gasteiger partial charge is 0.273 e. The summed E-state index contributed by atoms with van der Waals surface area (Å²) in [6.07, 6.45) is 0. The van der Waals surface area contributed by atoms with E-state index in [-0.39, 0.29) is 5.69 Å². The first-order valence-electron chi connectivity index (χ1n) is 6.34. The molecule has 0 radical (unpaired) electrons. The summed E-state index contributed by atoms with van der Waals surface area (Å²) in [5.41, 5.74) is 7.14. The zero-order valence-electron chi connectivity index (χ0n) is 11.3. The summed E-state index contributed by atoms with van der Waals surface area (Å²) in [7, 11) is 0. The molecule has 5 nitrogen and oxygen atoms in total. The molecule has 0 aliphatic rings. The molecule has 106 valence electrons. The van der Waals surface area contributed by atoms with Gasteiger partial charge in [-0.05, 0) is 23.8 Å². The largest absolute Gasteiger partial charge is 0.489 e. The Morgan fingerprint density at radius 1 is 1.19 bits per heavy atom. The highest BCUT2D eigenvalue weighted by atomic mass is 16.6. The van der Waals surface area contributed by atoms with Crippen LogP contribution in [0.15, 0.2) is 48.5 Å². The molecule has 0 aliphatic heterocycles. The molecule has 0 atom stereocenters. The van der Waals surface area contributed by atoms with Crippen LogP contribution in [0.1, 0.15) is 11.1 Å². The summed E-state index contributed by atoms with van der Waals surface area (Å²) < 4.78 is 5.57. The van der Waals surface area contributed by atoms with E-state index in [4.69, 9.17) is 10.5 Å². The second kappa shape index (κ2) is 7.08. The van der Waals surface area contributed by atoms with Gasteiger partial charge in [-0.15, -0.1) is 0 Å². The van der Waals surface area contributed by atoms with Gasteiger partial charge < -0.3 is 10.5 Å². The van der Waals surface area contributed by atoms with Crippen molar-refractivity contribution >= 4 is 5.69 Å². The number of non-ortho nitro benzene ring substituents is 1. The van der Waals surface area contributed by atoms with Gasteiger partial charge in [0.15, 0.2) is 0 Å². The van der Waals surface area contributed by atoms with Crippen LogP contribution in [0.4, 0.5) is 5.69 Å². The molecular weight excluding hydrogens is 268 g/mol. The number of benzene rings is 2. The van der Waals surface area contributed by atoms with E-state index in [0.29, 0.717) is 18.9 Å². The fourth-order valence-electron chi connectivity index (χ4n) is 1.75. The average molecular weight is 282 g/mol. The summed E-state index contributed by atoms with van der Waals surface area (Å²) >= 11 is 0. The van der Waals surface area contributed by atoms with E-state index in [1.165, 1.54) is 12.1 Å². The molecule has 0 saturated carbocycles. The molecule has 0 bridgehead atoms. The van der Waals surface area contributed by atoms with Crippen molar-refractivity contribution in [2.45, 2.75) is 6.61 Å². The van der Waals surface area contributed by atoms with Gasteiger partial charge in [0.25, 0.3) is 5.69 Å². The van der Waals surface area contributed by atoms with Crippen LogP contribution in [0.25, 0.3) is 0 Å². The average Bonchev–Trinajstić information content (AvgIpc) is 2.51. The second-order valence-electron chi connectivity index (χ2n) is 4.25. The van der Waals surface area contributed by atoms with Crippen LogP contribution < -0.4 is 10.5 Å². The summed E-state index contributed by atoms with van der Waals surface area (Å²) in [5.74, 6) is 6.20. The first kappa shape index (κ1) is 14.6. The lowest BCUT2D eigenvalue weighted by Crippen LogP contribution is -1.97. The maximum absolute atomic E-state index is 10.7. The van der Waals surface area contributed by atoms with Crippen molar-refractivity contribution in [3.63, 3.8) is 0 Å². The Hall–Kier alpha value is -2.84. The summed E-state index contributed by atoms with van der Waals surface area (Å²) in [6.45, 7) is 0.633. The molecule has 0 amide bonds. The Morgan fingerprint density at radius 3 is 2.76 bits per heavy atom. The van der Waals surface area contributed by atoms with Crippen molar-refractivity contribution < 1.29 is 9.66 Å². The first-order chi connectivity index (χ1) is 10.2. The van der Waals surface area contributed by atoms with E-state index in [0.717, 1.165) is 11.1 Å². The van der Waals surface area contributed by atoms with Crippen molar-refractivity contribution in [1.29, 1.82) is 0 Å². The lowest BCUT2D eigenvalue weighted by Gasteiger charge is -2.06. The topological polar surface area (TPSA) is 78.4 Å². The van der Waals surface area contributed by atoms with Gasteiger partial charge in [-0.1, -0.05) is 30.0 Å². The number of nitro benzene ring substituents is 1. The molecule has 0 saturated heterocycles. The fourth-order valence-corrected chi connectivity index (χ4v) is 1.75. The van der Waals surface area contributed by atoms with E-state index < -0.39 is 4.92 Å². The Morgan fingerprint density at radius 2 is 2.00 bits per heavy atom. The van der Waals surface area contributed by atoms with Gasteiger partial charge in [-0.25, -0.2) is 0 Å². The number of nitrogens with zero attached hydrogens (tertiary/aromatic N) is 1. The Kier molecular flexibility index (Phi) is 4.91. The van der Waals surface area contributed by atoms with Crippen LogP contribution in [-0.2, 0) is 6.61 Å². The molecule has 0 unspecified atom stereocenters. The first-order valence-corrected chi connectivity index (χ1v) is 6.34. The lowest BCUT2D eigenvalue weighted by molar-refractivity contribution is -0.384. The van der Waals surface area contributed by atoms with Crippen molar-refractivity contribution in [1.82, 2.24) is 0 Å². The van der Waals surface area contributed by atoms with Crippen LogP contribution in [0, 0.1) is 22.0 Å². The van der Waals surface area contributed by atoms with Crippen LogP contribution in [-0.4, -0.2) is 11.5 Å². The van der Waals surface area contributed by atoms with Crippen LogP contribution in [0.5, 0.6) is 5.75 Å². The molecule has 0 aliphatic carbocycles. The minimum Gasteiger partial charge on any atom is -0.489 e. The number of rotatable bonds is 4. The highest BCUT2D eigenvalue weighted by molar-refractivity contribution is 5.39. The normalized spacial score (nSPS) is 9.57. The highest BCUT2D eigenvalue weighted by Gasteiger charge is 2.06. The molecule has 2 N–H and O–H groups in total. The maximum atomic E-state index is 10.7. The van der Waals surface area contributed by atoms with Gasteiger partial charge in [0.05, 0.1) is 17.5 Å². The predicted molar refractivity (Wildman–Crippen MR) is 79.8 cm³/mol. The zero-order chi connectivity index (χ0) is 15.1. The van der Waals surface area contributed by atoms with Crippen molar-refractivity contribution in [3.8, 4) is 17.6 Å². The van der Waals surface area contributed by atoms with Gasteiger partial charge in [0.2, 0.25) is 0 Å². The van der Waals surface area contributed by atoms with E-state index in [2.05, 4.69) is 11.8 Å². The highest BCUT2D eigenvalue weighted by Crippen LogP contribution is 2.20. The maximum Gasteiger partial charge on any atom is 0.273 e. The third-order valence-electron chi connectivity index (χ3n) is 2.70. The molecule has 2 aromatic carbocycles. The predicted octanol–water partition coefficient (Wildman–Crippen LogP) is 2.48. The summed E-state index contributed by atoms with van der Waals surface area (Å²) in [5, 5.41) is 10.7. The Balaban J connectivity index is 2.06. The molecule has 5 heteroatoms. The van der Waals surface area contributed by atoms with Gasteiger partial charge in [-0.3, -0.25) is 10.1 Å². The molecular formula is C16H14N2O3. The van der Waals surface area contributed by atoms with Gasteiger partial charge in [0, 0.05) is 11.6 Å². The molecule has 21 heavy (non-hydrogen) atoms. The summed E-state index contributed by atoms with van der Waals surface area (Å²) in [4.78, 5) is 10.2. The number of nitrogens with two attached hydrogens (primary N) is 1. The minimum atomic E-state index is -0.449. The molecule has 2 aromatic rings. The zero-order valence-corrected chi connectivity index (χ0v) is 11.3. The van der Waals surface area contributed by atoms with Gasteiger partial charge >= 0.3 is 0 Å². The van der Waals surface area contributed by atoms with E-state index >= 15 is 0 Å². The number of hydrogen-bond donors (Lipinski definition) is 1. The Labute approximate surface area is 122 Å². The standard InChI is InChI=1S/C16H14N2O3/c17-9-3-6-13-4-1-5-14(10-13)12-21-16-8-2-7-15(11-16)18(19)20/h1-2,4-5,7-8,10-11H,9,12,17H2. The number of nitro groups is 1. The lowest BCUT2D eigenvalue weighted by atomic mass is 10.1. The molecule has 0 heterocycles. The van der Waals surface area contributed by atoms with Crippen molar-refractivity contribution in [3.05, 3.63) is 69.8 Å². The number of hydrogen-bond acceptors (Lipinski definition) is 4. The van der Waals surface area contributed by atoms with E-state index in [1.807, 2.05) is 24.3 Å². The monoisotopic (exact) mass is 282 g/mol. The third-order valence-corrected chi connectivity index (χ3v) is 2.70. The fraction of sp³-hybridized carbons (Fsp3) is 0.125.